The van der Waals surface area contributed by atoms with Gasteiger partial charge in [-0.1, -0.05) is 36.8 Å². The van der Waals surface area contributed by atoms with Gasteiger partial charge in [0.1, 0.15) is 5.75 Å². The van der Waals surface area contributed by atoms with Crippen molar-refractivity contribution in [2.75, 3.05) is 19.7 Å². The summed E-state index contributed by atoms with van der Waals surface area (Å²) < 4.78 is 5.86. The van der Waals surface area contributed by atoms with Crippen LogP contribution >= 0.6 is 0 Å². The van der Waals surface area contributed by atoms with Crippen LogP contribution in [0.25, 0.3) is 10.8 Å². The van der Waals surface area contributed by atoms with Crippen LogP contribution < -0.4 is 4.74 Å². The topological polar surface area (TPSA) is 12.5 Å². The Bertz CT molecular complexity index is 573. The molecule has 1 saturated heterocycles. The summed E-state index contributed by atoms with van der Waals surface area (Å²) in [6, 6.07) is 12.9. The highest BCUT2D eigenvalue weighted by atomic mass is 16.5. The highest BCUT2D eigenvalue weighted by Crippen LogP contribution is 2.30. The Labute approximate surface area is 121 Å². The number of benzene rings is 2. The number of nitrogens with zero attached hydrogens (tertiary/aromatic N) is 1. The van der Waals surface area contributed by atoms with Gasteiger partial charge in [-0.05, 0) is 49.7 Å². The molecular formula is C18H23NO. The van der Waals surface area contributed by atoms with Crippen molar-refractivity contribution < 1.29 is 4.74 Å². The number of ether oxygens (including phenoxy) is 1. The summed E-state index contributed by atoms with van der Waals surface area (Å²) in [7, 11) is 0. The van der Waals surface area contributed by atoms with Gasteiger partial charge in [0.15, 0.2) is 0 Å². The summed E-state index contributed by atoms with van der Waals surface area (Å²) in [5.41, 5.74) is 1.35. The van der Waals surface area contributed by atoms with Crippen molar-refractivity contribution in [3.63, 3.8) is 0 Å². The molecule has 2 nitrogen and oxygen atoms in total. The maximum atomic E-state index is 5.86. The van der Waals surface area contributed by atoms with Crippen LogP contribution in [0.4, 0.5) is 0 Å². The van der Waals surface area contributed by atoms with E-state index in [1.165, 1.54) is 48.7 Å². The van der Waals surface area contributed by atoms with Crippen LogP contribution in [0.2, 0.25) is 0 Å². The van der Waals surface area contributed by atoms with E-state index in [1.807, 2.05) is 0 Å². The van der Waals surface area contributed by atoms with Crippen LogP contribution in [-0.2, 0) is 6.54 Å². The molecule has 3 rings (SSSR count). The fourth-order valence-corrected chi connectivity index (χ4v) is 3.11. The average molecular weight is 269 g/mol. The molecule has 1 heterocycles. The zero-order chi connectivity index (χ0) is 13.8. The van der Waals surface area contributed by atoms with Gasteiger partial charge in [-0.3, -0.25) is 4.90 Å². The largest absolute Gasteiger partial charge is 0.494 e. The summed E-state index contributed by atoms with van der Waals surface area (Å²) >= 11 is 0. The number of likely N-dealkylation sites (tertiary alicyclic amines) is 1. The van der Waals surface area contributed by atoms with Gasteiger partial charge in [-0.2, -0.15) is 0 Å². The fourth-order valence-electron chi connectivity index (χ4n) is 3.11. The number of rotatable bonds is 4. The zero-order valence-corrected chi connectivity index (χ0v) is 12.3. The Morgan fingerprint density at radius 3 is 2.60 bits per heavy atom. The molecule has 20 heavy (non-hydrogen) atoms. The normalized spacial score (nSPS) is 16.4. The van der Waals surface area contributed by atoms with Crippen molar-refractivity contribution in [1.29, 1.82) is 0 Å². The SMILES string of the molecule is CCOc1ccc2ccccc2c1CN1CCCCC1. The quantitative estimate of drug-likeness (QED) is 0.823. The number of piperidine rings is 1. The van der Waals surface area contributed by atoms with Crippen LogP contribution in [-0.4, -0.2) is 24.6 Å². The summed E-state index contributed by atoms with van der Waals surface area (Å²) in [5, 5.41) is 2.65. The number of hydrogen-bond acceptors (Lipinski definition) is 2. The molecule has 0 aliphatic carbocycles. The lowest BCUT2D eigenvalue weighted by atomic mass is 10.0. The Morgan fingerprint density at radius 2 is 1.80 bits per heavy atom. The average Bonchev–Trinajstić information content (AvgIpc) is 2.51. The summed E-state index contributed by atoms with van der Waals surface area (Å²) in [4.78, 5) is 2.56. The highest BCUT2D eigenvalue weighted by Gasteiger charge is 2.15. The molecule has 0 spiro atoms. The molecule has 0 atom stereocenters. The Kier molecular flexibility index (Phi) is 4.22. The van der Waals surface area contributed by atoms with Gasteiger partial charge in [-0.15, -0.1) is 0 Å². The maximum absolute atomic E-state index is 5.86. The first kappa shape index (κ1) is 13.4. The van der Waals surface area contributed by atoms with Gasteiger partial charge >= 0.3 is 0 Å². The molecule has 106 valence electrons. The standard InChI is InChI=1S/C18H23NO/c1-2-20-18-11-10-15-8-4-5-9-16(15)17(18)14-19-12-6-3-7-13-19/h4-5,8-11H,2-3,6-7,12-14H2,1H3. The van der Waals surface area contributed by atoms with Crippen molar-refractivity contribution in [2.24, 2.45) is 0 Å². The van der Waals surface area contributed by atoms with E-state index in [-0.39, 0.29) is 0 Å². The Balaban J connectivity index is 1.97. The lowest BCUT2D eigenvalue weighted by Gasteiger charge is -2.27. The molecule has 0 radical (unpaired) electrons. The molecule has 0 unspecified atom stereocenters. The zero-order valence-electron chi connectivity index (χ0n) is 12.3. The van der Waals surface area contributed by atoms with Gasteiger partial charge in [0, 0.05) is 12.1 Å². The first-order valence-electron chi connectivity index (χ1n) is 7.74. The van der Waals surface area contributed by atoms with Gasteiger partial charge in [0.05, 0.1) is 6.61 Å². The Hall–Kier alpha value is -1.54. The minimum Gasteiger partial charge on any atom is -0.494 e. The molecule has 0 amide bonds. The van der Waals surface area contributed by atoms with E-state index in [4.69, 9.17) is 4.74 Å². The molecule has 0 N–H and O–H groups in total. The van der Waals surface area contributed by atoms with Gasteiger partial charge in [0.25, 0.3) is 0 Å². The molecule has 0 aromatic heterocycles. The smallest absolute Gasteiger partial charge is 0.124 e. The van der Waals surface area contributed by atoms with E-state index >= 15 is 0 Å². The molecule has 1 fully saturated rings. The van der Waals surface area contributed by atoms with Crippen LogP contribution in [0.3, 0.4) is 0 Å². The van der Waals surface area contributed by atoms with Crippen molar-refractivity contribution in [3.8, 4) is 5.75 Å². The minimum atomic E-state index is 0.728. The monoisotopic (exact) mass is 269 g/mol. The lowest BCUT2D eigenvalue weighted by molar-refractivity contribution is 0.217. The van der Waals surface area contributed by atoms with E-state index in [9.17, 15) is 0 Å². The van der Waals surface area contributed by atoms with Crippen LogP contribution in [0.5, 0.6) is 5.75 Å². The van der Waals surface area contributed by atoms with Gasteiger partial charge < -0.3 is 4.74 Å². The molecule has 2 aromatic rings. The van der Waals surface area contributed by atoms with Crippen LogP contribution in [0, 0.1) is 0 Å². The predicted octanol–water partition coefficient (Wildman–Crippen LogP) is 4.22. The lowest BCUT2D eigenvalue weighted by Crippen LogP contribution is -2.29. The molecule has 0 saturated carbocycles. The molecule has 1 aliphatic heterocycles. The predicted molar refractivity (Wildman–Crippen MR) is 84.2 cm³/mol. The number of fused-ring (bicyclic) bond motifs is 1. The summed E-state index contributed by atoms with van der Waals surface area (Å²) in [6.07, 6.45) is 4.04. The van der Waals surface area contributed by atoms with E-state index in [0.29, 0.717) is 0 Å². The molecule has 2 heteroatoms. The van der Waals surface area contributed by atoms with Crippen molar-refractivity contribution in [1.82, 2.24) is 4.90 Å². The second-order valence-corrected chi connectivity index (χ2v) is 5.53. The third-order valence-corrected chi connectivity index (χ3v) is 4.13. The van der Waals surface area contributed by atoms with Gasteiger partial charge in [0.2, 0.25) is 0 Å². The second-order valence-electron chi connectivity index (χ2n) is 5.53. The second kappa shape index (κ2) is 6.27. The van der Waals surface area contributed by atoms with Crippen molar-refractivity contribution in [3.05, 3.63) is 42.0 Å². The Morgan fingerprint density at radius 1 is 1.00 bits per heavy atom. The van der Waals surface area contributed by atoms with Crippen LogP contribution in [0.15, 0.2) is 36.4 Å². The van der Waals surface area contributed by atoms with Crippen molar-refractivity contribution >= 4 is 10.8 Å². The third kappa shape index (κ3) is 2.80. The van der Waals surface area contributed by atoms with E-state index in [2.05, 4.69) is 48.2 Å². The molecular weight excluding hydrogens is 246 g/mol. The highest BCUT2D eigenvalue weighted by molar-refractivity contribution is 5.87. The fraction of sp³-hybridized carbons (Fsp3) is 0.444. The molecule has 0 bridgehead atoms. The first-order valence-corrected chi connectivity index (χ1v) is 7.74. The van der Waals surface area contributed by atoms with Gasteiger partial charge in [-0.25, -0.2) is 0 Å². The maximum Gasteiger partial charge on any atom is 0.124 e. The first-order chi connectivity index (χ1) is 9.88. The minimum absolute atomic E-state index is 0.728. The van der Waals surface area contributed by atoms with Crippen LogP contribution in [0.1, 0.15) is 31.7 Å². The van der Waals surface area contributed by atoms with E-state index in [1.54, 1.807) is 0 Å². The number of hydrogen-bond donors (Lipinski definition) is 0. The van der Waals surface area contributed by atoms with E-state index in [0.717, 1.165) is 18.9 Å². The molecule has 2 aromatic carbocycles. The molecule has 1 aliphatic rings. The third-order valence-electron chi connectivity index (χ3n) is 4.13. The summed E-state index contributed by atoms with van der Waals surface area (Å²) in [5.74, 6) is 1.05. The van der Waals surface area contributed by atoms with Crippen molar-refractivity contribution in [2.45, 2.75) is 32.7 Å². The van der Waals surface area contributed by atoms with E-state index < -0.39 is 0 Å². The summed E-state index contributed by atoms with van der Waals surface area (Å²) in [6.45, 7) is 6.23.